The normalized spacial score (nSPS) is 12.4. The first-order valence-electron chi connectivity index (χ1n) is 7.50. The average Bonchev–Trinajstić information content (AvgIpc) is 2.48. The minimum absolute atomic E-state index is 0.379. The molecule has 0 aliphatic rings. The fraction of sp³-hybridized carbons (Fsp3) is 0.467. The Bertz CT molecular complexity index is 770. The van der Waals surface area contributed by atoms with Crippen molar-refractivity contribution in [3.63, 3.8) is 0 Å². The number of carbonyl (C=O) groups is 2. The third-order valence-corrected chi connectivity index (χ3v) is 4.07. The zero-order valence-electron chi connectivity index (χ0n) is 14.7. The molecule has 0 unspecified atom stereocenters. The second-order valence-corrected chi connectivity index (χ2v) is 8.07. The summed E-state index contributed by atoms with van der Waals surface area (Å²) in [5.41, 5.74) is -0.521. The molecule has 1 aromatic rings. The first kappa shape index (κ1) is 22.7. The van der Waals surface area contributed by atoms with Crippen molar-refractivity contribution in [1.82, 2.24) is 10.0 Å². The molecule has 1 amide bonds. The number of hydrogen-bond donors (Lipinski definition) is 2. The lowest BCUT2D eigenvalue weighted by atomic mass is 10.1. The van der Waals surface area contributed by atoms with Gasteiger partial charge in [-0.15, -0.1) is 13.2 Å². The van der Waals surface area contributed by atoms with Crippen molar-refractivity contribution in [2.24, 2.45) is 0 Å². The Morgan fingerprint density at radius 3 is 2.11 bits per heavy atom. The number of halogens is 3. The molecule has 0 saturated heterocycles. The summed E-state index contributed by atoms with van der Waals surface area (Å²) in [4.78, 5) is 22.6. The lowest BCUT2D eigenvalue weighted by Crippen LogP contribution is -2.43. The molecule has 0 aliphatic carbocycles. The van der Waals surface area contributed by atoms with Crippen LogP contribution in [0.3, 0.4) is 0 Å². The van der Waals surface area contributed by atoms with Gasteiger partial charge in [-0.3, -0.25) is 9.59 Å². The predicted molar refractivity (Wildman–Crippen MR) is 87.2 cm³/mol. The van der Waals surface area contributed by atoms with Crippen molar-refractivity contribution in [1.29, 1.82) is 0 Å². The summed E-state index contributed by atoms with van der Waals surface area (Å²) in [7, 11) is -4.17. The molecule has 27 heavy (non-hydrogen) atoms. The van der Waals surface area contributed by atoms with Crippen LogP contribution in [0.4, 0.5) is 13.2 Å². The van der Waals surface area contributed by atoms with Gasteiger partial charge in [0.25, 0.3) is 5.91 Å². The monoisotopic (exact) mass is 412 g/mol. The third-order valence-electron chi connectivity index (χ3n) is 2.65. The van der Waals surface area contributed by atoms with Gasteiger partial charge in [0.1, 0.15) is 12.3 Å². The average molecular weight is 412 g/mol. The molecule has 0 atom stereocenters. The summed E-state index contributed by atoms with van der Waals surface area (Å²) < 4.78 is 70.4. The van der Waals surface area contributed by atoms with Crippen LogP contribution in [-0.4, -0.2) is 45.3 Å². The van der Waals surface area contributed by atoms with Crippen molar-refractivity contribution in [2.75, 3.05) is 13.2 Å². The van der Waals surface area contributed by atoms with Crippen molar-refractivity contribution in [3.05, 3.63) is 24.3 Å². The van der Waals surface area contributed by atoms with Gasteiger partial charge in [0.05, 0.1) is 4.90 Å². The standard InChI is InChI=1S/C15H19F3N2O6S/c1-14(2,3)20-12(21)9-25-13(22)8-19-27(23,24)11-6-4-10(5-7-11)26-15(16,17)18/h4-7,19H,8-9H2,1-3H3,(H,20,21). The number of nitrogens with one attached hydrogen (secondary N) is 2. The first-order chi connectivity index (χ1) is 12.2. The number of hydrogen-bond acceptors (Lipinski definition) is 6. The van der Waals surface area contributed by atoms with Gasteiger partial charge < -0.3 is 14.8 Å². The second-order valence-electron chi connectivity index (χ2n) is 6.30. The summed E-state index contributed by atoms with van der Waals surface area (Å²) in [5.74, 6) is -2.15. The van der Waals surface area contributed by atoms with Gasteiger partial charge in [-0.25, -0.2) is 8.42 Å². The Balaban J connectivity index is 2.55. The van der Waals surface area contributed by atoms with Crippen molar-refractivity contribution in [3.8, 4) is 5.75 Å². The minimum Gasteiger partial charge on any atom is -0.455 e. The number of benzene rings is 1. The highest BCUT2D eigenvalue weighted by molar-refractivity contribution is 7.89. The van der Waals surface area contributed by atoms with E-state index in [0.717, 1.165) is 24.3 Å². The maximum Gasteiger partial charge on any atom is 0.573 e. The summed E-state index contributed by atoms with van der Waals surface area (Å²) in [6.45, 7) is 3.84. The Kier molecular flexibility index (Phi) is 7.20. The van der Waals surface area contributed by atoms with Crippen molar-refractivity contribution >= 4 is 21.9 Å². The zero-order chi connectivity index (χ0) is 20.9. The van der Waals surface area contributed by atoms with E-state index in [1.54, 1.807) is 20.8 Å². The van der Waals surface area contributed by atoms with E-state index < -0.39 is 52.7 Å². The Morgan fingerprint density at radius 2 is 1.63 bits per heavy atom. The van der Waals surface area contributed by atoms with E-state index >= 15 is 0 Å². The van der Waals surface area contributed by atoms with Crippen LogP contribution in [0.2, 0.25) is 0 Å². The number of rotatable bonds is 7. The maximum absolute atomic E-state index is 12.1. The molecule has 152 valence electrons. The molecule has 0 radical (unpaired) electrons. The lowest BCUT2D eigenvalue weighted by molar-refractivity contribution is -0.274. The fourth-order valence-electron chi connectivity index (χ4n) is 1.71. The molecule has 0 aromatic heterocycles. The number of amides is 1. The molecule has 0 fully saturated rings. The number of ether oxygens (including phenoxy) is 2. The third kappa shape index (κ3) is 9.24. The zero-order valence-corrected chi connectivity index (χ0v) is 15.5. The van der Waals surface area contributed by atoms with E-state index in [9.17, 15) is 31.2 Å². The summed E-state index contributed by atoms with van der Waals surface area (Å²) in [6.07, 6.45) is -4.90. The molecular formula is C15H19F3N2O6S. The molecule has 0 aliphatic heterocycles. The first-order valence-corrected chi connectivity index (χ1v) is 8.98. The van der Waals surface area contributed by atoms with Gasteiger partial charge in [0.2, 0.25) is 10.0 Å². The Hall–Kier alpha value is -2.34. The largest absolute Gasteiger partial charge is 0.573 e. The lowest BCUT2D eigenvalue weighted by Gasteiger charge is -2.20. The number of sulfonamides is 1. The molecule has 8 nitrogen and oxygen atoms in total. The molecule has 0 spiro atoms. The van der Waals surface area contributed by atoms with E-state index in [-0.39, 0.29) is 4.90 Å². The molecule has 0 saturated carbocycles. The molecule has 12 heteroatoms. The van der Waals surface area contributed by atoms with Gasteiger partial charge >= 0.3 is 12.3 Å². The number of alkyl halides is 3. The van der Waals surface area contributed by atoms with E-state index in [4.69, 9.17) is 0 Å². The van der Waals surface area contributed by atoms with Crippen LogP contribution in [0.15, 0.2) is 29.2 Å². The number of carbonyl (C=O) groups excluding carboxylic acids is 2. The van der Waals surface area contributed by atoms with Crippen molar-refractivity contribution in [2.45, 2.75) is 37.6 Å². The van der Waals surface area contributed by atoms with Gasteiger partial charge in [0.15, 0.2) is 6.61 Å². The van der Waals surface area contributed by atoms with Crippen LogP contribution >= 0.6 is 0 Å². The fourth-order valence-corrected chi connectivity index (χ4v) is 2.68. The highest BCUT2D eigenvalue weighted by atomic mass is 32.2. The van der Waals surface area contributed by atoms with Crippen LogP contribution in [-0.2, 0) is 24.3 Å². The van der Waals surface area contributed by atoms with E-state index in [2.05, 4.69) is 14.8 Å². The van der Waals surface area contributed by atoms with E-state index in [0.29, 0.717) is 0 Å². The smallest absolute Gasteiger partial charge is 0.455 e. The maximum atomic E-state index is 12.1. The van der Waals surface area contributed by atoms with Crippen molar-refractivity contribution < 1.29 is 40.7 Å². The van der Waals surface area contributed by atoms with Crippen LogP contribution in [0.25, 0.3) is 0 Å². The van der Waals surface area contributed by atoms with Gasteiger partial charge in [-0.2, -0.15) is 4.72 Å². The molecule has 0 bridgehead atoms. The minimum atomic E-state index is -4.90. The highest BCUT2D eigenvalue weighted by Gasteiger charge is 2.31. The van der Waals surface area contributed by atoms with Crippen LogP contribution < -0.4 is 14.8 Å². The number of esters is 1. The molecule has 0 heterocycles. The SMILES string of the molecule is CC(C)(C)NC(=O)COC(=O)CNS(=O)(=O)c1ccc(OC(F)(F)F)cc1. The molecule has 1 aromatic carbocycles. The summed E-state index contributed by atoms with van der Waals surface area (Å²) >= 11 is 0. The van der Waals surface area contributed by atoms with E-state index in [1.807, 2.05) is 4.72 Å². The topological polar surface area (TPSA) is 111 Å². The predicted octanol–water partition coefficient (Wildman–Crippen LogP) is 1.32. The van der Waals surface area contributed by atoms with Gasteiger partial charge in [-0.1, -0.05) is 0 Å². The molecular weight excluding hydrogens is 393 g/mol. The molecule has 2 N–H and O–H groups in total. The Morgan fingerprint density at radius 1 is 1.07 bits per heavy atom. The van der Waals surface area contributed by atoms with E-state index in [1.165, 1.54) is 0 Å². The quantitative estimate of drug-likeness (QED) is 0.654. The van der Waals surface area contributed by atoms with Gasteiger partial charge in [0, 0.05) is 5.54 Å². The van der Waals surface area contributed by atoms with Crippen LogP contribution in [0.5, 0.6) is 5.75 Å². The van der Waals surface area contributed by atoms with Gasteiger partial charge in [-0.05, 0) is 45.0 Å². The molecule has 1 rings (SSSR count). The van der Waals surface area contributed by atoms with Crippen LogP contribution in [0.1, 0.15) is 20.8 Å². The second kappa shape index (κ2) is 8.57. The highest BCUT2D eigenvalue weighted by Crippen LogP contribution is 2.23. The summed E-state index contributed by atoms with van der Waals surface area (Å²) in [5, 5.41) is 2.55. The van der Waals surface area contributed by atoms with Crippen LogP contribution in [0, 0.1) is 0 Å². The Labute approximate surface area is 154 Å². The summed E-state index contributed by atoms with van der Waals surface area (Å²) in [6, 6.07) is 3.39.